The van der Waals surface area contributed by atoms with E-state index in [0.717, 1.165) is 5.52 Å². The van der Waals surface area contributed by atoms with Crippen molar-refractivity contribution < 1.29 is 19.4 Å². The highest BCUT2D eigenvalue weighted by Crippen LogP contribution is 2.16. The van der Waals surface area contributed by atoms with Crippen LogP contribution in [0.1, 0.15) is 5.56 Å². The Morgan fingerprint density at radius 1 is 1.57 bits per heavy atom. The molecular formula is C14H15N3O4. The number of alkyl carbamates (subject to hydrolysis) is 1. The monoisotopic (exact) mass is 289 g/mol. The summed E-state index contributed by atoms with van der Waals surface area (Å²) in [4.78, 5) is 29.9. The Balaban J connectivity index is 2.11. The second kappa shape index (κ2) is 6.56. The van der Waals surface area contributed by atoms with E-state index in [1.54, 1.807) is 18.5 Å². The van der Waals surface area contributed by atoms with Crippen LogP contribution in [-0.2, 0) is 16.0 Å². The van der Waals surface area contributed by atoms with Gasteiger partial charge in [0.2, 0.25) is 0 Å². The molecule has 110 valence electrons. The van der Waals surface area contributed by atoms with Crippen LogP contribution in [0.5, 0.6) is 0 Å². The molecule has 7 heteroatoms. The third kappa shape index (κ3) is 3.59. The van der Waals surface area contributed by atoms with Gasteiger partial charge < -0.3 is 20.1 Å². The molecule has 0 radical (unpaired) electrons. The van der Waals surface area contributed by atoms with E-state index >= 15 is 0 Å². The van der Waals surface area contributed by atoms with Crippen molar-refractivity contribution in [2.24, 2.45) is 0 Å². The molecule has 0 saturated carbocycles. The number of carboxylic acid groups (broad SMARTS) is 1. The summed E-state index contributed by atoms with van der Waals surface area (Å²) >= 11 is 0. The minimum Gasteiger partial charge on any atom is -0.480 e. The van der Waals surface area contributed by atoms with Crippen molar-refractivity contribution in [3.05, 3.63) is 42.7 Å². The van der Waals surface area contributed by atoms with Gasteiger partial charge >= 0.3 is 12.1 Å². The van der Waals surface area contributed by atoms with Crippen molar-refractivity contribution in [3.8, 4) is 0 Å². The number of hydrogen-bond acceptors (Lipinski definition) is 4. The van der Waals surface area contributed by atoms with Crippen molar-refractivity contribution in [1.82, 2.24) is 15.3 Å². The lowest BCUT2D eigenvalue weighted by molar-refractivity contribution is -0.139. The predicted molar refractivity (Wildman–Crippen MR) is 75.9 cm³/mol. The van der Waals surface area contributed by atoms with Gasteiger partial charge in [-0.2, -0.15) is 0 Å². The molecule has 2 aromatic rings. The van der Waals surface area contributed by atoms with Crippen molar-refractivity contribution >= 4 is 23.1 Å². The number of ether oxygens (including phenoxy) is 1. The van der Waals surface area contributed by atoms with E-state index in [0.29, 0.717) is 11.1 Å². The van der Waals surface area contributed by atoms with Crippen molar-refractivity contribution in [2.45, 2.75) is 12.5 Å². The van der Waals surface area contributed by atoms with Gasteiger partial charge in [-0.05, 0) is 17.7 Å². The van der Waals surface area contributed by atoms with Crippen LogP contribution in [0.3, 0.4) is 0 Å². The lowest BCUT2D eigenvalue weighted by Gasteiger charge is -2.13. The topological polar surface area (TPSA) is 104 Å². The normalized spacial score (nSPS) is 11.8. The molecule has 0 fully saturated rings. The number of amides is 1. The van der Waals surface area contributed by atoms with E-state index < -0.39 is 18.1 Å². The first-order chi connectivity index (χ1) is 10.1. The Bertz CT molecular complexity index is 665. The second-order valence-corrected chi connectivity index (χ2v) is 4.34. The Morgan fingerprint density at radius 3 is 3.10 bits per heavy atom. The molecule has 0 aliphatic carbocycles. The van der Waals surface area contributed by atoms with E-state index in [2.05, 4.69) is 21.9 Å². The predicted octanol–water partition coefficient (Wildman–Crippen LogP) is 1.47. The van der Waals surface area contributed by atoms with Crippen LogP contribution in [0.15, 0.2) is 37.2 Å². The average Bonchev–Trinajstić information content (AvgIpc) is 2.87. The van der Waals surface area contributed by atoms with Crippen LogP contribution in [0, 0.1) is 0 Å². The zero-order valence-corrected chi connectivity index (χ0v) is 11.2. The molecule has 0 aromatic carbocycles. The summed E-state index contributed by atoms with van der Waals surface area (Å²) < 4.78 is 4.72. The molecule has 2 heterocycles. The number of nitrogens with zero attached hydrogens (tertiary/aromatic N) is 1. The fourth-order valence-electron chi connectivity index (χ4n) is 1.91. The molecule has 1 unspecified atom stereocenters. The van der Waals surface area contributed by atoms with Gasteiger partial charge in [0.15, 0.2) is 0 Å². The molecule has 0 aliphatic heterocycles. The van der Waals surface area contributed by atoms with Gasteiger partial charge in [0.1, 0.15) is 12.6 Å². The number of carbonyl (C=O) groups excluding carboxylic acids is 1. The standard InChI is InChI=1S/C14H15N3O4/c1-2-6-21-14(20)17-11(13(18)19)7-9-8-16-10-4-3-5-15-12(9)10/h2-5,8,11,16H,1,6-7H2,(H,17,20)(H,18,19). The number of fused-ring (bicyclic) bond motifs is 1. The Kier molecular flexibility index (Phi) is 4.55. The van der Waals surface area contributed by atoms with E-state index in [4.69, 9.17) is 4.74 Å². The first-order valence-electron chi connectivity index (χ1n) is 6.29. The highest BCUT2D eigenvalue weighted by Gasteiger charge is 2.22. The Morgan fingerprint density at radius 2 is 2.38 bits per heavy atom. The summed E-state index contributed by atoms with van der Waals surface area (Å²) in [5, 5.41) is 11.5. The summed E-state index contributed by atoms with van der Waals surface area (Å²) in [5.74, 6) is -1.14. The summed E-state index contributed by atoms with van der Waals surface area (Å²) in [6.07, 6.45) is 4.02. The van der Waals surface area contributed by atoms with Gasteiger partial charge in [0.05, 0.1) is 11.0 Å². The van der Waals surface area contributed by atoms with Gasteiger partial charge in [-0.25, -0.2) is 9.59 Å². The molecule has 0 spiro atoms. The fourth-order valence-corrected chi connectivity index (χ4v) is 1.91. The van der Waals surface area contributed by atoms with Crippen LogP contribution < -0.4 is 5.32 Å². The molecule has 0 bridgehead atoms. The summed E-state index contributed by atoms with van der Waals surface area (Å²) in [6.45, 7) is 3.43. The quantitative estimate of drug-likeness (QED) is 0.698. The van der Waals surface area contributed by atoms with E-state index in [9.17, 15) is 14.7 Å². The number of carbonyl (C=O) groups is 2. The van der Waals surface area contributed by atoms with Gasteiger partial charge in [0, 0.05) is 18.8 Å². The number of carboxylic acids is 1. The van der Waals surface area contributed by atoms with Crippen LogP contribution in [-0.4, -0.2) is 39.8 Å². The number of nitrogens with one attached hydrogen (secondary N) is 2. The largest absolute Gasteiger partial charge is 0.480 e. The van der Waals surface area contributed by atoms with Crippen LogP contribution in [0.2, 0.25) is 0 Å². The molecule has 1 amide bonds. The maximum Gasteiger partial charge on any atom is 0.408 e. The number of pyridine rings is 1. The lowest BCUT2D eigenvalue weighted by atomic mass is 10.1. The number of rotatable bonds is 6. The molecular weight excluding hydrogens is 274 g/mol. The van der Waals surface area contributed by atoms with E-state index in [1.165, 1.54) is 6.08 Å². The highest BCUT2D eigenvalue weighted by atomic mass is 16.5. The van der Waals surface area contributed by atoms with Gasteiger partial charge in [-0.15, -0.1) is 0 Å². The van der Waals surface area contributed by atoms with Gasteiger partial charge in [-0.3, -0.25) is 4.98 Å². The van der Waals surface area contributed by atoms with Crippen molar-refractivity contribution in [3.63, 3.8) is 0 Å². The van der Waals surface area contributed by atoms with Gasteiger partial charge in [-0.1, -0.05) is 12.7 Å². The van der Waals surface area contributed by atoms with Gasteiger partial charge in [0.25, 0.3) is 0 Å². The van der Waals surface area contributed by atoms with E-state index in [-0.39, 0.29) is 13.0 Å². The summed E-state index contributed by atoms with van der Waals surface area (Å²) in [5.41, 5.74) is 2.21. The van der Waals surface area contributed by atoms with Crippen molar-refractivity contribution in [1.29, 1.82) is 0 Å². The van der Waals surface area contributed by atoms with Crippen molar-refractivity contribution in [2.75, 3.05) is 6.61 Å². The zero-order chi connectivity index (χ0) is 15.2. The maximum absolute atomic E-state index is 11.4. The fraction of sp³-hybridized carbons (Fsp3) is 0.214. The second-order valence-electron chi connectivity index (χ2n) is 4.34. The minimum absolute atomic E-state index is 0.0206. The molecule has 2 aromatic heterocycles. The first kappa shape index (κ1) is 14.6. The van der Waals surface area contributed by atoms with E-state index in [1.807, 2.05) is 6.07 Å². The minimum atomic E-state index is -1.14. The zero-order valence-electron chi connectivity index (χ0n) is 11.2. The third-order valence-corrected chi connectivity index (χ3v) is 2.86. The maximum atomic E-state index is 11.4. The van der Waals surface area contributed by atoms with Crippen LogP contribution >= 0.6 is 0 Å². The number of aromatic amines is 1. The number of hydrogen-bond donors (Lipinski definition) is 3. The van der Waals surface area contributed by atoms with Crippen LogP contribution in [0.4, 0.5) is 4.79 Å². The molecule has 2 rings (SSSR count). The smallest absolute Gasteiger partial charge is 0.408 e. The Labute approximate surface area is 120 Å². The summed E-state index contributed by atoms with van der Waals surface area (Å²) in [6, 6.07) is 2.53. The third-order valence-electron chi connectivity index (χ3n) is 2.86. The summed E-state index contributed by atoms with van der Waals surface area (Å²) in [7, 11) is 0. The Hall–Kier alpha value is -2.83. The molecule has 21 heavy (non-hydrogen) atoms. The lowest BCUT2D eigenvalue weighted by Crippen LogP contribution is -2.42. The number of aromatic nitrogens is 2. The number of aliphatic carboxylic acids is 1. The SMILES string of the molecule is C=CCOC(=O)NC(Cc1c[nH]c2cccnc12)C(=O)O. The average molecular weight is 289 g/mol. The molecule has 3 N–H and O–H groups in total. The highest BCUT2D eigenvalue weighted by molar-refractivity contribution is 5.83. The van der Waals surface area contributed by atoms with Crippen LogP contribution in [0.25, 0.3) is 11.0 Å². The number of H-pyrrole nitrogens is 1. The molecule has 0 saturated heterocycles. The first-order valence-corrected chi connectivity index (χ1v) is 6.29. The molecule has 0 aliphatic rings. The molecule has 1 atom stereocenters. The molecule has 7 nitrogen and oxygen atoms in total.